The average Bonchev–Trinajstić information content (AvgIpc) is 2.53. The number of hydrogen-bond donors (Lipinski definition) is 0. The highest BCUT2D eigenvalue weighted by atomic mass is 79.9. The minimum absolute atomic E-state index is 0.0973. The Bertz CT molecular complexity index is 703. The first kappa shape index (κ1) is 16.3. The molecule has 0 atom stereocenters. The molecule has 3 nitrogen and oxygen atoms in total. The number of halogens is 1. The molecule has 4 heteroatoms. The number of carbonyl (C=O) groups excluding carboxylic acids is 1. The van der Waals surface area contributed by atoms with Crippen LogP contribution >= 0.6 is 15.9 Å². The number of ether oxygens (including phenoxy) is 2. The third kappa shape index (κ3) is 3.77. The Hall–Kier alpha value is -2.07. The molecule has 2 aromatic carbocycles. The fraction of sp³-hybridized carbons (Fsp3) is 0.167. The van der Waals surface area contributed by atoms with E-state index in [4.69, 9.17) is 9.47 Å². The second kappa shape index (κ2) is 7.27. The van der Waals surface area contributed by atoms with E-state index in [9.17, 15) is 4.79 Å². The fourth-order valence-electron chi connectivity index (χ4n) is 2.15. The maximum atomic E-state index is 12.5. The Morgan fingerprint density at radius 1 is 1.09 bits per heavy atom. The molecule has 0 aliphatic carbocycles. The fourth-order valence-corrected chi connectivity index (χ4v) is 2.41. The van der Waals surface area contributed by atoms with E-state index >= 15 is 0 Å². The average molecular weight is 361 g/mol. The van der Waals surface area contributed by atoms with Gasteiger partial charge < -0.3 is 9.47 Å². The second-order valence-corrected chi connectivity index (χ2v) is 5.69. The van der Waals surface area contributed by atoms with Crippen LogP contribution in [0.3, 0.4) is 0 Å². The highest BCUT2D eigenvalue weighted by molar-refractivity contribution is 9.10. The van der Waals surface area contributed by atoms with Crippen LogP contribution < -0.4 is 9.47 Å². The molecular formula is C18H17BrO3. The van der Waals surface area contributed by atoms with Crippen molar-refractivity contribution < 1.29 is 14.3 Å². The molecule has 0 radical (unpaired) electrons. The van der Waals surface area contributed by atoms with Gasteiger partial charge in [-0.1, -0.05) is 34.1 Å². The van der Waals surface area contributed by atoms with Crippen molar-refractivity contribution in [2.45, 2.75) is 6.92 Å². The Labute approximate surface area is 138 Å². The van der Waals surface area contributed by atoms with E-state index in [1.807, 2.05) is 37.3 Å². The summed E-state index contributed by atoms with van der Waals surface area (Å²) in [7, 11) is 3.13. The lowest BCUT2D eigenvalue weighted by atomic mass is 10.0. The van der Waals surface area contributed by atoms with Crippen LogP contribution in [0.5, 0.6) is 11.5 Å². The lowest BCUT2D eigenvalue weighted by molar-refractivity contribution is 0.104. The first-order valence-corrected chi connectivity index (χ1v) is 7.55. The van der Waals surface area contributed by atoms with Crippen molar-refractivity contribution in [2.24, 2.45) is 0 Å². The lowest BCUT2D eigenvalue weighted by Crippen LogP contribution is -2.03. The van der Waals surface area contributed by atoms with Gasteiger partial charge in [-0.05, 0) is 42.3 Å². The van der Waals surface area contributed by atoms with E-state index in [0.717, 1.165) is 15.6 Å². The number of rotatable bonds is 5. The maximum absolute atomic E-state index is 12.5. The molecule has 114 valence electrons. The summed E-state index contributed by atoms with van der Waals surface area (Å²) in [5.74, 6) is 1.09. The van der Waals surface area contributed by atoms with Crippen molar-refractivity contribution in [3.63, 3.8) is 0 Å². The molecular weight excluding hydrogens is 344 g/mol. The van der Waals surface area contributed by atoms with Gasteiger partial charge in [0.15, 0.2) is 5.78 Å². The standard InChI is InChI=1S/C18H17BrO3/c1-12-10-15(21-2)11-17(22-3)18(12)16(20)9-6-13-4-7-14(19)8-5-13/h4-11H,1-3H3/b9-6+. The monoisotopic (exact) mass is 360 g/mol. The summed E-state index contributed by atoms with van der Waals surface area (Å²) in [6, 6.07) is 11.3. The van der Waals surface area contributed by atoms with Crippen LogP contribution in [0.1, 0.15) is 21.5 Å². The molecule has 0 saturated heterocycles. The largest absolute Gasteiger partial charge is 0.497 e. The van der Waals surface area contributed by atoms with Gasteiger partial charge in [-0.15, -0.1) is 0 Å². The summed E-state index contributed by atoms with van der Waals surface area (Å²) in [5.41, 5.74) is 2.33. The molecule has 2 aromatic rings. The van der Waals surface area contributed by atoms with Gasteiger partial charge in [0.25, 0.3) is 0 Å². The third-order valence-corrected chi connectivity index (χ3v) is 3.80. The van der Waals surface area contributed by atoms with Gasteiger partial charge in [0.05, 0.1) is 19.8 Å². The summed E-state index contributed by atoms with van der Waals surface area (Å²) in [6.45, 7) is 1.87. The van der Waals surface area contributed by atoms with Gasteiger partial charge in [0.1, 0.15) is 11.5 Å². The van der Waals surface area contributed by atoms with Gasteiger partial charge >= 0.3 is 0 Å². The molecule has 0 aromatic heterocycles. The van der Waals surface area contributed by atoms with Crippen LogP contribution in [0.25, 0.3) is 6.08 Å². The number of allylic oxidation sites excluding steroid dienone is 1. The summed E-state index contributed by atoms with van der Waals surface area (Å²) < 4.78 is 11.5. The molecule has 0 bridgehead atoms. The van der Waals surface area contributed by atoms with Crippen molar-refractivity contribution in [3.8, 4) is 11.5 Å². The van der Waals surface area contributed by atoms with Gasteiger partial charge in [-0.3, -0.25) is 4.79 Å². The number of hydrogen-bond acceptors (Lipinski definition) is 3. The van der Waals surface area contributed by atoms with Crippen molar-refractivity contribution in [3.05, 3.63) is 63.6 Å². The molecule has 0 heterocycles. The molecule has 0 spiro atoms. The zero-order valence-corrected chi connectivity index (χ0v) is 14.3. The first-order chi connectivity index (χ1) is 10.5. The van der Waals surface area contributed by atoms with Crippen LogP contribution in [-0.4, -0.2) is 20.0 Å². The molecule has 0 N–H and O–H groups in total. The van der Waals surface area contributed by atoms with Gasteiger partial charge in [-0.25, -0.2) is 0 Å². The lowest BCUT2D eigenvalue weighted by Gasteiger charge is -2.11. The number of aryl methyl sites for hydroxylation is 1. The number of benzene rings is 2. The molecule has 2 rings (SSSR count). The SMILES string of the molecule is COc1cc(C)c(C(=O)/C=C/c2ccc(Br)cc2)c(OC)c1. The Morgan fingerprint density at radius 2 is 1.77 bits per heavy atom. The zero-order chi connectivity index (χ0) is 16.1. The minimum Gasteiger partial charge on any atom is -0.497 e. The van der Waals surface area contributed by atoms with Crippen LogP contribution in [0, 0.1) is 6.92 Å². The molecule has 0 fully saturated rings. The predicted molar refractivity (Wildman–Crippen MR) is 91.8 cm³/mol. The summed E-state index contributed by atoms with van der Waals surface area (Å²) in [4.78, 5) is 12.5. The van der Waals surface area contributed by atoms with Crippen LogP contribution in [0.4, 0.5) is 0 Å². The number of ketones is 1. The zero-order valence-electron chi connectivity index (χ0n) is 12.7. The van der Waals surface area contributed by atoms with E-state index in [1.165, 1.54) is 0 Å². The summed E-state index contributed by atoms with van der Waals surface area (Å²) in [6.07, 6.45) is 3.35. The molecule has 0 saturated carbocycles. The summed E-state index contributed by atoms with van der Waals surface area (Å²) in [5, 5.41) is 0. The van der Waals surface area contributed by atoms with Gasteiger partial charge in [-0.2, -0.15) is 0 Å². The van der Waals surface area contributed by atoms with Crippen LogP contribution in [0.2, 0.25) is 0 Å². The quantitative estimate of drug-likeness (QED) is 0.574. The number of carbonyl (C=O) groups is 1. The topological polar surface area (TPSA) is 35.5 Å². The maximum Gasteiger partial charge on any atom is 0.189 e. The van der Waals surface area contributed by atoms with Crippen LogP contribution in [0.15, 0.2) is 46.9 Å². The van der Waals surface area contributed by atoms with E-state index < -0.39 is 0 Å². The molecule has 0 aliphatic rings. The second-order valence-electron chi connectivity index (χ2n) is 4.77. The van der Waals surface area contributed by atoms with E-state index in [0.29, 0.717) is 17.1 Å². The van der Waals surface area contributed by atoms with Crippen molar-refractivity contribution in [1.82, 2.24) is 0 Å². The van der Waals surface area contributed by atoms with Crippen molar-refractivity contribution in [2.75, 3.05) is 14.2 Å². The van der Waals surface area contributed by atoms with Crippen molar-refractivity contribution >= 4 is 27.8 Å². The Kier molecular flexibility index (Phi) is 5.39. The third-order valence-electron chi connectivity index (χ3n) is 3.27. The first-order valence-electron chi connectivity index (χ1n) is 6.75. The molecule has 0 aliphatic heterocycles. The highest BCUT2D eigenvalue weighted by Gasteiger charge is 2.14. The number of methoxy groups -OCH3 is 2. The normalized spacial score (nSPS) is 10.7. The smallest absolute Gasteiger partial charge is 0.189 e. The predicted octanol–water partition coefficient (Wildman–Crippen LogP) is 4.67. The van der Waals surface area contributed by atoms with E-state index in [2.05, 4.69) is 15.9 Å². The van der Waals surface area contributed by atoms with Gasteiger partial charge in [0.2, 0.25) is 0 Å². The van der Waals surface area contributed by atoms with E-state index in [-0.39, 0.29) is 5.78 Å². The van der Waals surface area contributed by atoms with E-state index in [1.54, 1.807) is 32.4 Å². The highest BCUT2D eigenvalue weighted by Crippen LogP contribution is 2.29. The summed E-state index contributed by atoms with van der Waals surface area (Å²) >= 11 is 3.38. The molecule has 0 unspecified atom stereocenters. The Morgan fingerprint density at radius 3 is 2.36 bits per heavy atom. The van der Waals surface area contributed by atoms with Crippen LogP contribution in [-0.2, 0) is 0 Å². The Balaban J connectivity index is 2.31. The van der Waals surface area contributed by atoms with Gasteiger partial charge in [0, 0.05) is 10.5 Å². The molecule has 22 heavy (non-hydrogen) atoms. The minimum atomic E-state index is -0.0973. The van der Waals surface area contributed by atoms with Crippen molar-refractivity contribution in [1.29, 1.82) is 0 Å². The molecule has 0 amide bonds.